The van der Waals surface area contributed by atoms with E-state index in [0.29, 0.717) is 12.5 Å². The Bertz CT molecular complexity index is 337. The van der Waals surface area contributed by atoms with Crippen molar-refractivity contribution < 1.29 is 4.79 Å². The summed E-state index contributed by atoms with van der Waals surface area (Å²) in [4.78, 5) is 10.9. The van der Waals surface area contributed by atoms with E-state index < -0.39 is 0 Å². The predicted octanol–water partition coefficient (Wildman–Crippen LogP) is -0.212. The van der Waals surface area contributed by atoms with E-state index in [9.17, 15) is 4.79 Å². The summed E-state index contributed by atoms with van der Waals surface area (Å²) in [5, 5.41) is 10.4. The Morgan fingerprint density at radius 2 is 2.60 bits per heavy atom. The van der Waals surface area contributed by atoms with E-state index in [4.69, 9.17) is 0 Å². The van der Waals surface area contributed by atoms with E-state index in [1.54, 1.807) is 6.20 Å². The molecule has 0 radical (unpaired) electrons. The Kier molecular flexibility index (Phi) is 3.01. The van der Waals surface area contributed by atoms with Crippen LogP contribution in [0.15, 0.2) is 12.3 Å². The van der Waals surface area contributed by atoms with E-state index in [2.05, 4.69) is 15.7 Å². The summed E-state index contributed by atoms with van der Waals surface area (Å²) < 4.78 is 1.86. The molecule has 1 aromatic heterocycles. The second kappa shape index (κ2) is 4.44. The molecule has 0 bridgehead atoms. The van der Waals surface area contributed by atoms with E-state index in [1.807, 2.05) is 17.8 Å². The van der Waals surface area contributed by atoms with Crippen LogP contribution >= 0.6 is 0 Å². The van der Waals surface area contributed by atoms with Gasteiger partial charge in [0.1, 0.15) is 0 Å². The second-order valence-electron chi connectivity index (χ2n) is 3.87. The van der Waals surface area contributed by atoms with Gasteiger partial charge in [-0.15, -0.1) is 0 Å². The zero-order valence-electron chi connectivity index (χ0n) is 8.86. The van der Waals surface area contributed by atoms with Crippen molar-refractivity contribution >= 4 is 5.91 Å². The number of aromatic nitrogens is 2. The molecule has 1 aliphatic heterocycles. The van der Waals surface area contributed by atoms with Crippen LogP contribution in [-0.2, 0) is 18.4 Å². The lowest BCUT2D eigenvalue weighted by Gasteiger charge is -2.23. The molecular weight excluding hydrogens is 192 g/mol. The molecule has 1 fully saturated rings. The third-order valence-electron chi connectivity index (χ3n) is 2.76. The lowest BCUT2D eigenvalue weighted by molar-refractivity contribution is -0.122. The van der Waals surface area contributed by atoms with Crippen LogP contribution < -0.4 is 10.6 Å². The highest BCUT2D eigenvalue weighted by molar-refractivity contribution is 5.76. The summed E-state index contributed by atoms with van der Waals surface area (Å²) in [5.74, 6) is 0.161. The zero-order chi connectivity index (χ0) is 10.7. The van der Waals surface area contributed by atoms with E-state index in [-0.39, 0.29) is 5.91 Å². The fourth-order valence-electron chi connectivity index (χ4n) is 1.73. The number of piperidine rings is 1. The molecule has 15 heavy (non-hydrogen) atoms. The van der Waals surface area contributed by atoms with Gasteiger partial charge in [0.2, 0.25) is 5.91 Å². The van der Waals surface area contributed by atoms with Crippen LogP contribution in [0.1, 0.15) is 18.5 Å². The maximum atomic E-state index is 10.9. The number of rotatable bonds is 3. The first-order valence-corrected chi connectivity index (χ1v) is 5.22. The summed E-state index contributed by atoms with van der Waals surface area (Å²) >= 11 is 0. The molecule has 5 heteroatoms. The molecule has 1 saturated heterocycles. The first kappa shape index (κ1) is 10.2. The summed E-state index contributed by atoms with van der Waals surface area (Å²) in [6, 6.07) is 2.38. The zero-order valence-corrected chi connectivity index (χ0v) is 8.86. The van der Waals surface area contributed by atoms with E-state index in [0.717, 1.165) is 25.2 Å². The standard InChI is InChI=1S/C10H16N4O/c1-14-9(4-5-13-14)7-11-8-2-3-10(15)12-6-8/h4-5,8,11H,2-3,6-7H2,1H3,(H,12,15). The minimum absolute atomic E-state index is 0.161. The largest absolute Gasteiger partial charge is 0.355 e. The van der Waals surface area contributed by atoms with Gasteiger partial charge in [0.05, 0.1) is 5.69 Å². The number of nitrogens with one attached hydrogen (secondary N) is 2. The van der Waals surface area contributed by atoms with Gasteiger partial charge < -0.3 is 10.6 Å². The number of carbonyl (C=O) groups excluding carboxylic acids is 1. The lowest BCUT2D eigenvalue weighted by Crippen LogP contribution is -2.45. The van der Waals surface area contributed by atoms with Gasteiger partial charge >= 0.3 is 0 Å². The Hall–Kier alpha value is -1.36. The Morgan fingerprint density at radius 1 is 1.73 bits per heavy atom. The van der Waals surface area contributed by atoms with Gasteiger partial charge in [0, 0.05) is 38.8 Å². The van der Waals surface area contributed by atoms with Crippen LogP contribution in [-0.4, -0.2) is 28.3 Å². The Morgan fingerprint density at radius 3 is 3.20 bits per heavy atom. The molecule has 0 saturated carbocycles. The molecule has 2 N–H and O–H groups in total. The quantitative estimate of drug-likeness (QED) is 0.722. The molecule has 1 unspecified atom stereocenters. The molecule has 5 nitrogen and oxygen atoms in total. The number of carbonyl (C=O) groups is 1. The highest BCUT2D eigenvalue weighted by atomic mass is 16.1. The van der Waals surface area contributed by atoms with Crippen LogP contribution in [0.3, 0.4) is 0 Å². The van der Waals surface area contributed by atoms with Crippen molar-refractivity contribution in [2.24, 2.45) is 7.05 Å². The number of hydrogen-bond donors (Lipinski definition) is 2. The van der Waals surface area contributed by atoms with Crippen molar-refractivity contribution in [1.29, 1.82) is 0 Å². The maximum absolute atomic E-state index is 10.9. The molecule has 82 valence electrons. The van der Waals surface area contributed by atoms with Crippen LogP contribution in [0.25, 0.3) is 0 Å². The summed E-state index contributed by atoms with van der Waals surface area (Å²) in [6.07, 6.45) is 3.34. The minimum atomic E-state index is 0.161. The van der Waals surface area contributed by atoms with Crippen molar-refractivity contribution in [3.8, 4) is 0 Å². The summed E-state index contributed by atoms with van der Waals surface area (Å²) in [5.41, 5.74) is 1.16. The monoisotopic (exact) mass is 208 g/mol. The van der Waals surface area contributed by atoms with Crippen LogP contribution in [0.5, 0.6) is 0 Å². The van der Waals surface area contributed by atoms with Crippen LogP contribution in [0.2, 0.25) is 0 Å². The summed E-state index contributed by atoms with van der Waals surface area (Å²) in [6.45, 7) is 1.54. The maximum Gasteiger partial charge on any atom is 0.220 e. The molecule has 2 rings (SSSR count). The second-order valence-corrected chi connectivity index (χ2v) is 3.87. The molecule has 1 aromatic rings. The van der Waals surface area contributed by atoms with Gasteiger partial charge in [-0.05, 0) is 12.5 Å². The van der Waals surface area contributed by atoms with Crippen molar-refractivity contribution in [3.63, 3.8) is 0 Å². The van der Waals surface area contributed by atoms with Gasteiger partial charge in [0.15, 0.2) is 0 Å². The average molecular weight is 208 g/mol. The minimum Gasteiger partial charge on any atom is -0.355 e. The molecule has 1 atom stereocenters. The fraction of sp³-hybridized carbons (Fsp3) is 0.600. The predicted molar refractivity (Wildman–Crippen MR) is 56.1 cm³/mol. The van der Waals surface area contributed by atoms with Crippen LogP contribution in [0.4, 0.5) is 0 Å². The van der Waals surface area contributed by atoms with Crippen molar-refractivity contribution in [2.45, 2.75) is 25.4 Å². The van der Waals surface area contributed by atoms with Crippen molar-refractivity contribution in [1.82, 2.24) is 20.4 Å². The Labute approximate surface area is 88.8 Å². The average Bonchev–Trinajstić information content (AvgIpc) is 2.63. The van der Waals surface area contributed by atoms with Gasteiger partial charge in [0.25, 0.3) is 0 Å². The van der Waals surface area contributed by atoms with Gasteiger partial charge in [-0.1, -0.05) is 0 Å². The molecule has 1 aliphatic rings. The number of amides is 1. The molecule has 2 heterocycles. The van der Waals surface area contributed by atoms with Crippen LogP contribution in [0, 0.1) is 0 Å². The summed E-state index contributed by atoms with van der Waals surface area (Å²) in [7, 11) is 1.93. The lowest BCUT2D eigenvalue weighted by atomic mass is 10.1. The van der Waals surface area contributed by atoms with Gasteiger partial charge in [-0.3, -0.25) is 9.48 Å². The molecule has 0 aromatic carbocycles. The topological polar surface area (TPSA) is 59.0 Å². The van der Waals surface area contributed by atoms with E-state index in [1.165, 1.54) is 0 Å². The SMILES string of the molecule is Cn1nccc1CNC1CCC(=O)NC1. The van der Waals surface area contributed by atoms with Gasteiger partial charge in [-0.25, -0.2) is 0 Å². The normalized spacial score (nSPS) is 21.4. The number of hydrogen-bond acceptors (Lipinski definition) is 3. The van der Waals surface area contributed by atoms with Gasteiger partial charge in [-0.2, -0.15) is 5.10 Å². The highest BCUT2D eigenvalue weighted by Gasteiger charge is 2.17. The third kappa shape index (κ3) is 2.56. The molecule has 0 aliphatic carbocycles. The smallest absolute Gasteiger partial charge is 0.220 e. The third-order valence-corrected chi connectivity index (χ3v) is 2.76. The van der Waals surface area contributed by atoms with Crippen molar-refractivity contribution in [2.75, 3.05) is 6.54 Å². The number of nitrogens with zero attached hydrogens (tertiary/aromatic N) is 2. The molecule has 1 amide bonds. The molecule has 0 spiro atoms. The first-order valence-electron chi connectivity index (χ1n) is 5.22. The first-order chi connectivity index (χ1) is 7.25. The van der Waals surface area contributed by atoms with Crippen molar-refractivity contribution in [3.05, 3.63) is 18.0 Å². The Balaban J connectivity index is 1.79. The van der Waals surface area contributed by atoms with E-state index >= 15 is 0 Å². The fourth-order valence-corrected chi connectivity index (χ4v) is 1.73. The molecular formula is C10H16N4O. The highest BCUT2D eigenvalue weighted by Crippen LogP contribution is 2.04. The number of aryl methyl sites for hydroxylation is 1.